The molecule has 86 valence electrons. The predicted molar refractivity (Wildman–Crippen MR) is 72.4 cm³/mol. The van der Waals surface area contributed by atoms with E-state index in [0.29, 0.717) is 10.2 Å². The van der Waals surface area contributed by atoms with Crippen molar-refractivity contribution in [1.82, 2.24) is 0 Å². The van der Waals surface area contributed by atoms with Crippen LogP contribution < -0.4 is 0 Å². The molecular weight excluding hydrogens is 351 g/mol. The average Bonchev–Trinajstić information content (AvgIpc) is 2.30. The minimum atomic E-state index is -0.403. The molecule has 2 rings (SSSR count). The van der Waals surface area contributed by atoms with Gasteiger partial charge in [0, 0.05) is 8.95 Å². The van der Waals surface area contributed by atoms with Crippen LogP contribution in [0.1, 0.15) is 0 Å². The highest BCUT2D eigenvalue weighted by molar-refractivity contribution is 9.10. The van der Waals surface area contributed by atoms with Gasteiger partial charge in [0.25, 0.3) is 0 Å². The third-order valence-electron chi connectivity index (χ3n) is 2.01. The smallest absolute Gasteiger partial charge is 0.151 e. The summed E-state index contributed by atoms with van der Waals surface area (Å²) in [5.74, 6) is -0.403. The van der Waals surface area contributed by atoms with Crippen molar-refractivity contribution in [2.75, 3.05) is 0 Å². The van der Waals surface area contributed by atoms with Crippen molar-refractivity contribution in [2.45, 2.75) is 0 Å². The molecule has 0 bridgehead atoms. The summed E-state index contributed by atoms with van der Waals surface area (Å²) in [6, 6.07) is 11.9. The summed E-state index contributed by atoms with van der Waals surface area (Å²) in [5.41, 5.74) is 0.895. The van der Waals surface area contributed by atoms with Gasteiger partial charge in [0.1, 0.15) is 5.69 Å². The Labute approximate surface area is 115 Å². The second-order valence-electron chi connectivity index (χ2n) is 3.27. The van der Waals surface area contributed by atoms with Crippen LogP contribution in [0.25, 0.3) is 0 Å². The number of hydrogen-bond donors (Lipinski definition) is 0. The lowest BCUT2D eigenvalue weighted by molar-refractivity contribution is 0.627. The number of halogens is 3. The van der Waals surface area contributed by atoms with Crippen molar-refractivity contribution in [3.63, 3.8) is 0 Å². The fourth-order valence-corrected chi connectivity index (χ4v) is 1.78. The summed E-state index contributed by atoms with van der Waals surface area (Å²) in [7, 11) is 0. The summed E-state index contributed by atoms with van der Waals surface area (Å²) in [5, 5.41) is 7.82. The van der Waals surface area contributed by atoms with E-state index >= 15 is 0 Å². The Hall–Kier alpha value is -1.07. The van der Waals surface area contributed by atoms with Crippen molar-refractivity contribution in [3.05, 3.63) is 57.2 Å². The molecule has 17 heavy (non-hydrogen) atoms. The minimum absolute atomic E-state index is 0.219. The molecule has 0 unspecified atom stereocenters. The van der Waals surface area contributed by atoms with E-state index < -0.39 is 5.82 Å². The number of benzene rings is 2. The first kappa shape index (κ1) is 12.4. The van der Waals surface area contributed by atoms with Gasteiger partial charge in [0.05, 0.1) is 5.69 Å². The third-order valence-corrected chi connectivity index (χ3v) is 3.03. The Morgan fingerprint density at radius 3 is 2.12 bits per heavy atom. The summed E-state index contributed by atoms with van der Waals surface area (Å²) in [6.07, 6.45) is 0. The second-order valence-corrected chi connectivity index (χ2v) is 5.10. The van der Waals surface area contributed by atoms with Gasteiger partial charge >= 0.3 is 0 Å². The molecule has 0 saturated heterocycles. The van der Waals surface area contributed by atoms with Gasteiger partial charge < -0.3 is 0 Å². The van der Waals surface area contributed by atoms with Gasteiger partial charge in [-0.2, -0.15) is 5.11 Å². The van der Waals surface area contributed by atoms with Crippen molar-refractivity contribution >= 4 is 43.2 Å². The fourth-order valence-electron chi connectivity index (χ4n) is 1.18. The fraction of sp³-hybridized carbons (Fsp3) is 0. The molecule has 2 aromatic carbocycles. The van der Waals surface area contributed by atoms with Gasteiger partial charge in [-0.25, -0.2) is 4.39 Å². The molecule has 0 N–H and O–H groups in total. The quantitative estimate of drug-likeness (QED) is 0.610. The van der Waals surface area contributed by atoms with Gasteiger partial charge in [-0.15, -0.1) is 5.11 Å². The summed E-state index contributed by atoms with van der Waals surface area (Å²) < 4.78 is 15.1. The number of azo groups is 1. The maximum absolute atomic E-state index is 13.4. The standard InChI is InChI=1S/C12H7Br2FN2/c13-8-1-4-10(5-2-8)16-17-12-6-3-9(14)7-11(12)15/h1-7H. The largest absolute Gasteiger partial charge is 0.205 e. The topological polar surface area (TPSA) is 24.7 Å². The van der Waals surface area contributed by atoms with Crippen LogP contribution in [0.15, 0.2) is 61.6 Å². The molecule has 0 fully saturated rings. The van der Waals surface area contributed by atoms with Crippen LogP contribution >= 0.6 is 31.9 Å². The van der Waals surface area contributed by atoms with Crippen molar-refractivity contribution < 1.29 is 4.39 Å². The first-order chi connectivity index (χ1) is 8.15. The van der Waals surface area contributed by atoms with Crippen LogP contribution in [0.2, 0.25) is 0 Å². The Balaban J connectivity index is 2.23. The third kappa shape index (κ3) is 3.44. The molecule has 0 spiro atoms. The first-order valence-corrected chi connectivity index (χ1v) is 6.36. The molecule has 0 heterocycles. The van der Waals surface area contributed by atoms with Crippen LogP contribution in [-0.4, -0.2) is 0 Å². The van der Waals surface area contributed by atoms with Gasteiger partial charge in [0.2, 0.25) is 0 Å². The lowest BCUT2D eigenvalue weighted by Crippen LogP contribution is -1.74. The maximum atomic E-state index is 13.4. The van der Waals surface area contributed by atoms with Crippen LogP contribution in [0.3, 0.4) is 0 Å². The Kier molecular flexibility index (Phi) is 4.02. The van der Waals surface area contributed by atoms with Gasteiger partial charge in [-0.3, -0.25) is 0 Å². The molecule has 0 aromatic heterocycles. The van der Waals surface area contributed by atoms with E-state index in [1.54, 1.807) is 24.3 Å². The molecule has 2 aromatic rings. The zero-order valence-corrected chi connectivity index (χ0v) is 11.7. The summed E-state index contributed by atoms with van der Waals surface area (Å²) in [4.78, 5) is 0. The highest BCUT2D eigenvalue weighted by atomic mass is 79.9. The molecule has 0 atom stereocenters. The van der Waals surface area contributed by atoms with E-state index in [4.69, 9.17) is 0 Å². The van der Waals surface area contributed by atoms with E-state index in [1.807, 2.05) is 12.1 Å². The SMILES string of the molecule is Fc1cc(Br)ccc1N=Nc1ccc(Br)cc1. The second kappa shape index (κ2) is 5.51. The molecule has 2 nitrogen and oxygen atoms in total. The Bertz CT molecular complexity index is 553. The van der Waals surface area contributed by atoms with Crippen LogP contribution in [0.4, 0.5) is 15.8 Å². The van der Waals surface area contributed by atoms with E-state index in [1.165, 1.54) is 6.07 Å². The number of hydrogen-bond acceptors (Lipinski definition) is 2. The van der Waals surface area contributed by atoms with Gasteiger partial charge in [-0.05, 0) is 42.5 Å². The van der Waals surface area contributed by atoms with E-state index in [-0.39, 0.29) is 5.69 Å². The molecule has 0 aliphatic carbocycles. The zero-order valence-electron chi connectivity index (χ0n) is 8.57. The molecule has 0 aliphatic rings. The maximum Gasteiger partial charge on any atom is 0.151 e. The Morgan fingerprint density at radius 2 is 1.47 bits per heavy atom. The van der Waals surface area contributed by atoms with E-state index in [2.05, 4.69) is 42.1 Å². The highest BCUT2D eigenvalue weighted by Gasteiger charge is 2.00. The van der Waals surface area contributed by atoms with E-state index in [0.717, 1.165) is 4.47 Å². The van der Waals surface area contributed by atoms with Crippen LogP contribution in [0.5, 0.6) is 0 Å². The monoisotopic (exact) mass is 356 g/mol. The van der Waals surface area contributed by atoms with Gasteiger partial charge in [-0.1, -0.05) is 31.9 Å². The summed E-state index contributed by atoms with van der Waals surface area (Å²) in [6.45, 7) is 0. The molecular formula is C12H7Br2FN2. The van der Waals surface area contributed by atoms with Crippen molar-refractivity contribution in [1.29, 1.82) is 0 Å². The zero-order chi connectivity index (χ0) is 12.3. The normalized spacial score (nSPS) is 11.0. The first-order valence-electron chi connectivity index (χ1n) is 4.77. The minimum Gasteiger partial charge on any atom is -0.205 e. The van der Waals surface area contributed by atoms with Crippen molar-refractivity contribution in [2.24, 2.45) is 10.2 Å². The number of nitrogens with zero attached hydrogens (tertiary/aromatic N) is 2. The van der Waals surface area contributed by atoms with E-state index in [9.17, 15) is 4.39 Å². The molecule has 0 amide bonds. The Morgan fingerprint density at radius 1 is 0.824 bits per heavy atom. The number of rotatable bonds is 2. The molecule has 5 heteroatoms. The summed E-state index contributed by atoms with van der Waals surface area (Å²) >= 11 is 6.51. The molecule has 0 saturated carbocycles. The van der Waals surface area contributed by atoms with Gasteiger partial charge in [0.15, 0.2) is 5.82 Å². The predicted octanol–water partition coefficient (Wildman–Crippen LogP) is 5.77. The average molecular weight is 358 g/mol. The van der Waals surface area contributed by atoms with Crippen LogP contribution in [0, 0.1) is 5.82 Å². The van der Waals surface area contributed by atoms with Crippen LogP contribution in [-0.2, 0) is 0 Å². The molecule has 0 aliphatic heterocycles. The highest BCUT2D eigenvalue weighted by Crippen LogP contribution is 2.24. The molecule has 0 radical (unpaired) electrons. The van der Waals surface area contributed by atoms with Crippen molar-refractivity contribution in [3.8, 4) is 0 Å². The lowest BCUT2D eigenvalue weighted by Gasteiger charge is -1.96. The lowest BCUT2D eigenvalue weighted by atomic mass is 10.3.